The highest BCUT2D eigenvalue weighted by Gasteiger charge is 2.30. The second kappa shape index (κ2) is 9.01. The first-order valence-electron chi connectivity index (χ1n) is 10.1. The van der Waals surface area contributed by atoms with E-state index in [1.165, 1.54) is 12.1 Å². The van der Waals surface area contributed by atoms with Crippen LogP contribution in [0.3, 0.4) is 0 Å². The molecule has 164 valence electrons. The zero-order chi connectivity index (χ0) is 22.8. The third-order valence-electron chi connectivity index (χ3n) is 5.72. The quantitative estimate of drug-likeness (QED) is 0.529. The molecule has 1 aliphatic carbocycles. The van der Waals surface area contributed by atoms with E-state index < -0.39 is 23.9 Å². The van der Waals surface area contributed by atoms with Crippen LogP contribution in [0.1, 0.15) is 28.2 Å². The number of benzene rings is 3. The third-order valence-corrected chi connectivity index (χ3v) is 6.08. The molecule has 32 heavy (non-hydrogen) atoms. The minimum absolute atomic E-state index is 0.0398. The minimum atomic E-state index is -1.39. The number of aryl methyl sites for hydroxylation is 1. The van der Waals surface area contributed by atoms with Crippen molar-refractivity contribution in [1.29, 1.82) is 0 Å². The molecule has 2 N–H and O–H groups in total. The second-order valence-corrected chi connectivity index (χ2v) is 8.13. The molecule has 0 fully saturated rings. The van der Waals surface area contributed by atoms with E-state index in [9.17, 15) is 19.1 Å². The van der Waals surface area contributed by atoms with Crippen molar-refractivity contribution in [2.45, 2.75) is 25.3 Å². The molecule has 0 aromatic heterocycles. The Morgan fingerprint density at radius 3 is 2.25 bits per heavy atom. The molecule has 1 atom stereocenters. The van der Waals surface area contributed by atoms with E-state index in [4.69, 9.17) is 16.3 Å². The van der Waals surface area contributed by atoms with E-state index in [0.717, 1.165) is 22.3 Å². The largest absolute Gasteiger partial charge is 0.480 e. The zero-order valence-electron chi connectivity index (χ0n) is 17.3. The van der Waals surface area contributed by atoms with Gasteiger partial charge in [-0.1, -0.05) is 66.2 Å². The number of nitrogens with one attached hydrogen (secondary N) is 1. The lowest BCUT2D eigenvalue weighted by atomic mass is 9.98. The standard InChI is InChI=1S/C25H21ClFNO4/c1-14-10-11-21(26)19(23(14)27)12-22(24(29)30)28-25(31)32-13-20-17-8-4-2-6-15(17)16-7-3-5-9-18(16)20/h2-11,20,22H,12-13H2,1H3,(H,28,31)(H,29,30). The summed E-state index contributed by atoms with van der Waals surface area (Å²) in [6.45, 7) is 1.61. The Kier molecular flexibility index (Phi) is 6.15. The van der Waals surface area contributed by atoms with Crippen LogP contribution in [0.2, 0.25) is 5.02 Å². The summed E-state index contributed by atoms with van der Waals surface area (Å²) in [5, 5.41) is 12.0. The first kappa shape index (κ1) is 21.8. The molecule has 0 heterocycles. The molecule has 1 aliphatic rings. The number of halogens is 2. The van der Waals surface area contributed by atoms with Crippen molar-refractivity contribution in [3.63, 3.8) is 0 Å². The van der Waals surface area contributed by atoms with Gasteiger partial charge in [-0.3, -0.25) is 0 Å². The van der Waals surface area contributed by atoms with E-state index >= 15 is 0 Å². The Bertz CT molecular complexity index is 1150. The number of hydrogen-bond acceptors (Lipinski definition) is 3. The van der Waals surface area contributed by atoms with E-state index in [1.54, 1.807) is 6.92 Å². The average molecular weight is 454 g/mol. The maximum absolute atomic E-state index is 14.4. The molecule has 0 saturated heterocycles. The van der Waals surface area contributed by atoms with Crippen molar-refractivity contribution in [2.75, 3.05) is 6.61 Å². The number of alkyl carbamates (subject to hydrolysis) is 1. The molecule has 0 bridgehead atoms. The van der Waals surface area contributed by atoms with Crippen molar-refractivity contribution in [1.82, 2.24) is 5.32 Å². The highest BCUT2D eigenvalue weighted by molar-refractivity contribution is 6.31. The van der Waals surface area contributed by atoms with Crippen LogP contribution >= 0.6 is 11.6 Å². The lowest BCUT2D eigenvalue weighted by Gasteiger charge is -2.18. The van der Waals surface area contributed by atoms with Crippen molar-refractivity contribution in [2.24, 2.45) is 0 Å². The van der Waals surface area contributed by atoms with Gasteiger partial charge in [0.2, 0.25) is 0 Å². The van der Waals surface area contributed by atoms with Gasteiger partial charge in [-0.05, 0) is 40.8 Å². The van der Waals surface area contributed by atoms with Gasteiger partial charge in [0.05, 0.1) is 0 Å². The fourth-order valence-corrected chi connectivity index (χ4v) is 4.31. The van der Waals surface area contributed by atoms with Crippen molar-refractivity contribution in [3.05, 3.63) is 93.8 Å². The van der Waals surface area contributed by atoms with Crippen LogP contribution in [0, 0.1) is 12.7 Å². The van der Waals surface area contributed by atoms with Gasteiger partial charge in [-0.25, -0.2) is 14.0 Å². The molecule has 4 rings (SSSR count). The lowest BCUT2D eigenvalue weighted by Crippen LogP contribution is -2.43. The van der Waals surface area contributed by atoms with Crippen molar-refractivity contribution < 1.29 is 23.8 Å². The summed E-state index contributed by atoms with van der Waals surface area (Å²) in [5.41, 5.74) is 4.65. The molecule has 1 unspecified atom stereocenters. The lowest BCUT2D eigenvalue weighted by molar-refractivity contribution is -0.139. The third kappa shape index (κ3) is 4.18. The summed E-state index contributed by atoms with van der Waals surface area (Å²) in [5.74, 6) is -2.05. The molecule has 3 aromatic carbocycles. The number of carbonyl (C=O) groups is 2. The predicted molar refractivity (Wildman–Crippen MR) is 119 cm³/mol. The summed E-state index contributed by atoms with van der Waals surface area (Å²) < 4.78 is 19.8. The number of hydrogen-bond donors (Lipinski definition) is 2. The summed E-state index contributed by atoms with van der Waals surface area (Å²) in [6.07, 6.45) is -1.19. The van der Waals surface area contributed by atoms with Gasteiger partial charge in [-0.2, -0.15) is 0 Å². The Labute approximate surface area is 189 Å². The highest BCUT2D eigenvalue weighted by Crippen LogP contribution is 2.44. The number of fused-ring (bicyclic) bond motifs is 3. The Hall–Kier alpha value is -3.38. The fourth-order valence-electron chi connectivity index (χ4n) is 4.09. The van der Waals surface area contributed by atoms with E-state index in [0.29, 0.717) is 5.56 Å². The number of carboxylic acids is 1. The Morgan fingerprint density at radius 2 is 1.66 bits per heavy atom. The first-order valence-corrected chi connectivity index (χ1v) is 10.5. The second-order valence-electron chi connectivity index (χ2n) is 7.72. The monoisotopic (exact) mass is 453 g/mol. The Morgan fingerprint density at radius 1 is 1.06 bits per heavy atom. The van der Waals surface area contributed by atoms with Crippen LogP contribution < -0.4 is 5.32 Å². The van der Waals surface area contributed by atoms with Crippen LogP contribution in [0.15, 0.2) is 60.7 Å². The number of amides is 1. The zero-order valence-corrected chi connectivity index (χ0v) is 18.0. The van der Waals surface area contributed by atoms with E-state index in [2.05, 4.69) is 5.32 Å². The van der Waals surface area contributed by atoms with Crippen LogP contribution in [0.4, 0.5) is 9.18 Å². The van der Waals surface area contributed by atoms with Crippen LogP contribution in [0.25, 0.3) is 11.1 Å². The number of carbonyl (C=O) groups excluding carboxylic acids is 1. The maximum atomic E-state index is 14.4. The van der Waals surface area contributed by atoms with Gasteiger partial charge in [0, 0.05) is 22.9 Å². The first-order chi connectivity index (χ1) is 15.4. The summed E-state index contributed by atoms with van der Waals surface area (Å²) in [7, 11) is 0. The summed E-state index contributed by atoms with van der Waals surface area (Å²) in [6, 6.07) is 17.4. The van der Waals surface area contributed by atoms with E-state index in [1.807, 2.05) is 48.5 Å². The molecule has 0 radical (unpaired) electrons. The molecule has 5 nitrogen and oxygen atoms in total. The minimum Gasteiger partial charge on any atom is -0.480 e. The summed E-state index contributed by atoms with van der Waals surface area (Å²) in [4.78, 5) is 24.1. The van der Waals surface area contributed by atoms with E-state index in [-0.39, 0.29) is 29.5 Å². The topological polar surface area (TPSA) is 75.6 Å². The van der Waals surface area contributed by atoms with Gasteiger partial charge >= 0.3 is 12.1 Å². The van der Waals surface area contributed by atoms with Gasteiger partial charge in [0.15, 0.2) is 0 Å². The maximum Gasteiger partial charge on any atom is 0.407 e. The normalized spacial score (nSPS) is 13.2. The molecule has 0 saturated carbocycles. The number of aliphatic carboxylic acids is 1. The highest BCUT2D eigenvalue weighted by atomic mass is 35.5. The SMILES string of the molecule is Cc1ccc(Cl)c(CC(NC(=O)OCC2c3ccccc3-c3ccccc32)C(=O)O)c1F. The Balaban J connectivity index is 1.46. The molecule has 0 aliphatic heterocycles. The van der Waals surface area contributed by atoms with Gasteiger partial charge < -0.3 is 15.2 Å². The molecular formula is C25H21ClFNO4. The van der Waals surface area contributed by atoms with Crippen molar-refractivity contribution in [3.8, 4) is 11.1 Å². The van der Waals surface area contributed by atoms with Gasteiger partial charge in [0.1, 0.15) is 18.5 Å². The molecule has 3 aromatic rings. The predicted octanol–water partition coefficient (Wildman–Crippen LogP) is 5.32. The fraction of sp³-hybridized carbons (Fsp3) is 0.200. The average Bonchev–Trinajstić information content (AvgIpc) is 3.11. The van der Waals surface area contributed by atoms with Crippen LogP contribution in [-0.4, -0.2) is 29.8 Å². The van der Waals surface area contributed by atoms with Crippen LogP contribution in [0.5, 0.6) is 0 Å². The summed E-state index contributed by atoms with van der Waals surface area (Å²) >= 11 is 6.05. The molecule has 1 amide bonds. The molecular weight excluding hydrogens is 433 g/mol. The smallest absolute Gasteiger partial charge is 0.407 e. The van der Waals surface area contributed by atoms with Gasteiger partial charge in [0.25, 0.3) is 0 Å². The number of ether oxygens (including phenoxy) is 1. The molecule has 0 spiro atoms. The number of carboxylic acid groups (broad SMARTS) is 1. The number of rotatable bonds is 6. The van der Waals surface area contributed by atoms with Gasteiger partial charge in [-0.15, -0.1) is 0 Å². The molecule has 7 heteroatoms. The van der Waals surface area contributed by atoms with Crippen LogP contribution in [-0.2, 0) is 16.0 Å². The van der Waals surface area contributed by atoms with Crippen molar-refractivity contribution >= 4 is 23.7 Å².